The second kappa shape index (κ2) is 9.22. The zero-order valence-corrected chi connectivity index (χ0v) is 19.4. The molecule has 0 spiro atoms. The second-order valence-electron chi connectivity index (χ2n) is 9.13. The molecule has 0 aliphatic carbocycles. The van der Waals surface area contributed by atoms with E-state index < -0.39 is 9.04 Å². The molecule has 6 heteroatoms. The Morgan fingerprint density at radius 2 is 1.82 bits per heavy atom. The topological polar surface area (TPSA) is 55.8 Å². The molecule has 1 aromatic rings. The maximum absolute atomic E-state index is 13.3. The van der Waals surface area contributed by atoms with Crippen LogP contribution < -0.4 is 0 Å². The van der Waals surface area contributed by atoms with Crippen molar-refractivity contribution in [3.63, 3.8) is 0 Å². The number of hydrogen-bond donors (Lipinski definition) is 0. The van der Waals surface area contributed by atoms with Crippen LogP contribution >= 0.6 is 0 Å². The molecule has 0 aromatic heterocycles. The lowest BCUT2D eigenvalue weighted by Crippen LogP contribution is -2.67. The number of methoxy groups -OCH3 is 1. The van der Waals surface area contributed by atoms with Gasteiger partial charge in [0.2, 0.25) is 5.91 Å². The number of rotatable bonds is 8. The molecule has 1 aliphatic heterocycles. The summed E-state index contributed by atoms with van der Waals surface area (Å²) in [6, 6.07) is 9.73. The molecule has 1 aliphatic rings. The van der Waals surface area contributed by atoms with Crippen molar-refractivity contribution in [1.29, 1.82) is 0 Å². The summed E-state index contributed by atoms with van der Waals surface area (Å²) in [6.07, 6.45) is 0. The summed E-state index contributed by atoms with van der Waals surface area (Å²) in [7, 11) is 0.201. The predicted molar refractivity (Wildman–Crippen MR) is 113 cm³/mol. The van der Waals surface area contributed by atoms with Gasteiger partial charge in [-0.2, -0.15) is 0 Å². The van der Waals surface area contributed by atoms with Crippen LogP contribution in [0.2, 0.25) is 13.1 Å². The Morgan fingerprint density at radius 1 is 1.21 bits per heavy atom. The molecule has 28 heavy (non-hydrogen) atoms. The number of carbonyl (C=O) groups is 2. The molecule has 5 nitrogen and oxygen atoms in total. The van der Waals surface area contributed by atoms with E-state index in [-0.39, 0.29) is 41.1 Å². The van der Waals surface area contributed by atoms with Crippen molar-refractivity contribution in [3.8, 4) is 0 Å². The first-order chi connectivity index (χ1) is 13.1. The number of β-lactam (4-membered cyclic amide) rings is 1. The predicted octanol–water partition coefficient (Wildman–Crippen LogP) is 3.49. The molecule has 1 fully saturated rings. The van der Waals surface area contributed by atoms with Gasteiger partial charge in [-0.15, -0.1) is 0 Å². The first kappa shape index (κ1) is 22.6. The Kier molecular flexibility index (Phi) is 7.45. The van der Waals surface area contributed by atoms with Crippen molar-refractivity contribution in [2.24, 2.45) is 23.2 Å². The zero-order valence-electron chi connectivity index (χ0n) is 18.3. The Labute approximate surface area is 171 Å². The molecule has 0 saturated carbocycles. The third-order valence-electron chi connectivity index (χ3n) is 5.73. The number of ether oxygens (including phenoxy) is 1. The molecular formula is C22H35NO4Si. The summed E-state index contributed by atoms with van der Waals surface area (Å²) in [4.78, 5) is 27.4. The van der Waals surface area contributed by atoms with Crippen LogP contribution in [0.25, 0.3) is 0 Å². The van der Waals surface area contributed by atoms with Gasteiger partial charge in [0.05, 0.1) is 25.0 Å². The lowest BCUT2D eigenvalue weighted by atomic mass is 9.64. The minimum absolute atomic E-state index is 0.0547. The highest BCUT2D eigenvalue weighted by Crippen LogP contribution is 2.45. The highest BCUT2D eigenvalue weighted by atomic mass is 28.3. The van der Waals surface area contributed by atoms with Crippen molar-refractivity contribution < 1.29 is 18.8 Å². The molecule has 4 atom stereocenters. The van der Waals surface area contributed by atoms with Gasteiger partial charge in [-0.05, 0) is 36.9 Å². The van der Waals surface area contributed by atoms with Gasteiger partial charge < -0.3 is 14.1 Å². The van der Waals surface area contributed by atoms with Gasteiger partial charge >= 0.3 is 5.97 Å². The fraction of sp³-hybridized carbons (Fsp3) is 0.636. The molecule has 2 rings (SSSR count). The van der Waals surface area contributed by atoms with Gasteiger partial charge in [0.1, 0.15) is 0 Å². The van der Waals surface area contributed by atoms with E-state index in [1.807, 2.05) is 42.2 Å². The smallest absolute Gasteiger partial charge is 0.310 e. The van der Waals surface area contributed by atoms with Crippen LogP contribution in [0.1, 0.15) is 33.3 Å². The third kappa shape index (κ3) is 5.03. The normalized spacial score (nSPS) is 22.0. The SMILES string of the molecule is COC(=O)C(C)C1C(C(CO[SiH](C)C)C(C)(C)C)C(=O)N1Cc1ccccc1. The van der Waals surface area contributed by atoms with E-state index in [0.717, 1.165) is 5.56 Å². The van der Waals surface area contributed by atoms with E-state index >= 15 is 0 Å². The number of likely N-dealkylation sites (tertiary alicyclic amines) is 1. The van der Waals surface area contributed by atoms with E-state index in [4.69, 9.17) is 9.16 Å². The minimum atomic E-state index is -1.21. The third-order valence-corrected chi connectivity index (χ3v) is 6.59. The minimum Gasteiger partial charge on any atom is -0.469 e. The number of benzene rings is 1. The van der Waals surface area contributed by atoms with Crippen LogP contribution in [0.3, 0.4) is 0 Å². The zero-order chi connectivity index (χ0) is 21.1. The molecule has 1 heterocycles. The van der Waals surface area contributed by atoms with Crippen LogP contribution in [-0.4, -0.2) is 45.6 Å². The first-order valence-electron chi connectivity index (χ1n) is 10.1. The summed E-state index contributed by atoms with van der Waals surface area (Å²) in [5, 5.41) is 0. The van der Waals surface area contributed by atoms with Crippen LogP contribution in [0.4, 0.5) is 0 Å². The molecule has 156 valence electrons. The van der Waals surface area contributed by atoms with Crippen molar-refractivity contribution in [1.82, 2.24) is 4.90 Å². The number of nitrogens with zero attached hydrogens (tertiary/aromatic N) is 1. The van der Waals surface area contributed by atoms with Gasteiger partial charge in [0.25, 0.3) is 0 Å². The summed E-state index contributed by atoms with van der Waals surface area (Å²) in [5.74, 6) is -0.715. The van der Waals surface area contributed by atoms with Gasteiger partial charge in [-0.3, -0.25) is 9.59 Å². The van der Waals surface area contributed by atoms with Gasteiger partial charge in [0.15, 0.2) is 9.04 Å². The Morgan fingerprint density at radius 3 is 2.32 bits per heavy atom. The maximum Gasteiger partial charge on any atom is 0.310 e. The molecule has 0 bridgehead atoms. The van der Waals surface area contributed by atoms with E-state index in [1.165, 1.54) is 7.11 Å². The fourth-order valence-electron chi connectivity index (χ4n) is 4.06. The van der Waals surface area contributed by atoms with Gasteiger partial charge in [-0.1, -0.05) is 51.1 Å². The fourth-order valence-corrected chi connectivity index (χ4v) is 4.66. The van der Waals surface area contributed by atoms with Crippen molar-refractivity contribution in [2.45, 2.75) is 53.4 Å². The largest absolute Gasteiger partial charge is 0.469 e. The Hall–Kier alpha value is -1.66. The molecule has 0 radical (unpaired) electrons. The monoisotopic (exact) mass is 405 g/mol. The highest BCUT2D eigenvalue weighted by Gasteiger charge is 2.56. The molecule has 4 unspecified atom stereocenters. The summed E-state index contributed by atoms with van der Waals surface area (Å²) in [6.45, 7) is 13.7. The summed E-state index contributed by atoms with van der Waals surface area (Å²) < 4.78 is 11.1. The quantitative estimate of drug-likeness (QED) is 0.377. The van der Waals surface area contributed by atoms with E-state index in [9.17, 15) is 9.59 Å². The average Bonchev–Trinajstić information content (AvgIpc) is 2.64. The average molecular weight is 406 g/mol. The lowest BCUT2D eigenvalue weighted by Gasteiger charge is -2.54. The molecule has 1 aromatic carbocycles. The Balaban J connectivity index is 2.32. The van der Waals surface area contributed by atoms with Crippen molar-refractivity contribution in [3.05, 3.63) is 35.9 Å². The van der Waals surface area contributed by atoms with E-state index in [1.54, 1.807) is 0 Å². The number of esters is 1. The summed E-state index contributed by atoms with van der Waals surface area (Å²) in [5.41, 5.74) is 0.964. The van der Waals surface area contributed by atoms with Crippen LogP contribution in [-0.2, 0) is 25.3 Å². The number of amides is 1. The maximum atomic E-state index is 13.3. The molecular weight excluding hydrogens is 370 g/mol. The Bertz CT molecular complexity index is 671. The molecule has 1 amide bonds. The van der Waals surface area contributed by atoms with E-state index in [2.05, 4.69) is 33.9 Å². The van der Waals surface area contributed by atoms with Crippen molar-refractivity contribution in [2.75, 3.05) is 13.7 Å². The van der Waals surface area contributed by atoms with Crippen LogP contribution in [0, 0.1) is 23.2 Å². The second-order valence-corrected chi connectivity index (χ2v) is 11.6. The standard InChI is InChI=1S/C22H35NO4Si/c1-15(21(25)26-5)19-18(17(22(2,3)4)14-27-28(6)7)20(24)23(19)13-16-11-9-8-10-12-16/h8-12,15,17-19,28H,13-14H2,1-7H3. The number of carbonyl (C=O) groups excluding carboxylic acids is 2. The van der Waals surface area contributed by atoms with Gasteiger partial charge in [-0.25, -0.2) is 0 Å². The van der Waals surface area contributed by atoms with E-state index in [0.29, 0.717) is 13.2 Å². The number of hydrogen-bond acceptors (Lipinski definition) is 4. The van der Waals surface area contributed by atoms with Gasteiger partial charge in [0, 0.05) is 13.2 Å². The lowest BCUT2D eigenvalue weighted by molar-refractivity contribution is -0.177. The molecule has 1 saturated heterocycles. The van der Waals surface area contributed by atoms with Crippen LogP contribution in [0.5, 0.6) is 0 Å². The summed E-state index contributed by atoms with van der Waals surface area (Å²) >= 11 is 0. The highest BCUT2D eigenvalue weighted by molar-refractivity contribution is 6.48. The first-order valence-corrected chi connectivity index (χ1v) is 12.9. The molecule has 0 N–H and O–H groups in total. The van der Waals surface area contributed by atoms with Crippen molar-refractivity contribution >= 4 is 20.9 Å². The van der Waals surface area contributed by atoms with Crippen LogP contribution in [0.15, 0.2) is 30.3 Å².